The zero-order valence-corrected chi connectivity index (χ0v) is 22.3. The smallest absolute Gasteiger partial charge is 0.191 e. The summed E-state index contributed by atoms with van der Waals surface area (Å²) < 4.78 is 16.6. The lowest BCUT2D eigenvalue weighted by Gasteiger charge is -2.22. The molecule has 178 valence electrons. The fraction of sp³-hybridized carbons (Fsp3) is 0.696. The van der Waals surface area contributed by atoms with E-state index >= 15 is 0 Å². The fourth-order valence-corrected chi connectivity index (χ4v) is 3.85. The highest BCUT2D eigenvalue weighted by atomic mass is 127. The van der Waals surface area contributed by atoms with E-state index in [4.69, 9.17) is 14.2 Å². The molecule has 0 saturated carbocycles. The van der Waals surface area contributed by atoms with Gasteiger partial charge in [-0.05, 0) is 43.4 Å². The molecule has 1 heterocycles. The highest BCUT2D eigenvalue weighted by Gasteiger charge is 2.23. The molecule has 0 amide bonds. The second kappa shape index (κ2) is 14.7. The van der Waals surface area contributed by atoms with Gasteiger partial charge >= 0.3 is 0 Å². The maximum Gasteiger partial charge on any atom is 0.191 e. The molecule has 1 aliphatic heterocycles. The molecule has 0 bridgehead atoms. The predicted octanol–water partition coefficient (Wildman–Crippen LogP) is 3.51. The summed E-state index contributed by atoms with van der Waals surface area (Å²) in [7, 11) is 5.20. The summed E-state index contributed by atoms with van der Waals surface area (Å²) in [6.07, 6.45) is 2.35. The summed E-state index contributed by atoms with van der Waals surface area (Å²) in [5, 5.41) is 7.01. The van der Waals surface area contributed by atoms with E-state index < -0.39 is 0 Å². The van der Waals surface area contributed by atoms with Crippen LogP contribution >= 0.6 is 24.0 Å². The highest BCUT2D eigenvalue weighted by molar-refractivity contribution is 14.0. The third-order valence-electron chi connectivity index (χ3n) is 5.50. The van der Waals surface area contributed by atoms with Crippen molar-refractivity contribution < 1.29 is 14.2 Å². The van der Waals surface area contributed by atoms with Gasteiger partial charge in [-0.3, -0.25) is 9.89 Å². The number of likely N-dealkylation sites (tertiary alicyclic amines) is 1. The standard InChI is InChI=1S/C23H40N4O3.HI/c1-7-30-22(17(2)3)8-10-25-23(24-4)26-19-9-11-27(16-19)15-18-12-20(28-5)14-21(13-18)29-6;/h12-14,17,19,22H,7-11,15-16H2,1-6H3,(H2,24,25,26);1H. The molecule has 2 rings (SSSR count). The Hall–Kier alpha value is -1.26. The van der Waals surface area contributed by atoms with Gasteiger partial charge < -0.3 is 24.8 Å². The van der Waals surface area contributed by atoms with Gasteiger partial charge in [-0.25, -0.2) is 0 Å². The van der Waals surface area contributed by atoms with Crippen molar-refractivity contribution in [1.82, 2.24) is 15.5 Å². The molecule has 1 fully saturated rings. The van der Waals surface area contributed by atoms with Crippen LogP contribution in [0, 0.1) is 5.92 Å². The van der Waals surface area contributed by atoms with E-state index in [2.05, 4.69) is 53.4 Å². The Balaban J connectivity index is 0.00000480. The number of guanidine groups is 1. The molecule has 7 nitrogen and oxygen atoms in total. The zero-order valence-electron chi connectivity index (χ0n) is 19.9. The second-order valence-corrected chi connectivity index (χ2v) is 8.11. The number of rotatable bonds is 11. The third kappa shape index (κ3) is 9.41. The van der Waals surface area contributed by atoms with Crippen LogP contribution in [-0.4, -0.2) is 70.5 Å². The van der Waals surface area contributed by atoms with Gasteiger partial charge in [-0.15, -0.1) is 24.0 Å². The van der Waals surface area contributed by atoms with E-state index in [-0.39, 0.29) is 30.1 Å². The maximum absolute atomic E-state index is 5.83. The number of nitrogens with zero attached hydrogens (tertiary/aromatic N) is 2. The minimum Gasteiger partial charge on any atom is -0.497 e. The van der Waals surface area contributed by atoms with Gasteiger partial charge in [0.05, 0.1) is 20.3 Å². The van der Waals surface area contributed by atoms with Gasteiger partial charge in [0, 0.05) is 51.9 Å². The monoisotopic (exact) mass is 548 g/mol. The number of hydrogen-bond acceptors (Lipinski definition) is 5. The highest BCUT2D eigenvalue weighted by Crippen LogP contribution is 2.24. The summed E-state index contributed by atoms with van der Waals surface area (Å²) in [6.45, 7) is 11.0. The molecule has 2 atom stereocenters. The lowest BCUT2D eigenvalue weighted by molar-refractivity contribution is 0.0258. The van der Waals surface area contributed by atoms with Crippen molar-refractivity contribution >= 4 is 29.9 Å². The van der Waals surface area contributed by atoms with Crippen LogP contribution in [0.15, 0.2) is 23.2 Å². The molecule has 0 aliphatic carbocycles. The quantitative estimate of drug-likeness (QED) is 0.251. The van der Waals surface area contributed by atoms with Crippen LogP contribution in [0.2, 0.25) is 0 Å². The molecule has 0 aromatic heterocycles. The first kappa shape index (κ1) is 27.8. The first-order valence-electron chi connectivity index (χ1n) is 11.0. The Labute approximate surface area is 205 Å². The Morgan fingerprint density at radius 2 is 1.87 bits per heavy atom. The molecule has 1 aliphatic rings. The zero-order chi connectivity index (χ0) is 21.9. The second-order valence-electron chi connectivity index (χ2n) is 8.11. The lowest BCUT2D eigenvalue weighted by Crippen LogP contribution is -2.45. The summed E-state index contributed by atoms with van der Waals surface area (Å²) in [5.74, 6) is 3.04. The Kier molecular flexibility index (Phi) is 13.2. The summed E-state index contributed by atoms with van der Waals surface area (Å²) in [4.78, 5) is 6.84. The molecule has 8 heteroatoms. The van der Waals surface area contributed by atoms with Crippen molar-refractivity contribution in [2.24, 2.45) is 10.9 Å². The predicted molar refractivity (Wildman–Crippen MR) is 138 cm³/mol. The average Bonchev–Trinajstić information content (AvgIpc) is 3.18. The topological polar surface area (TPSA) is 67.4 Å². The fourth-order valence-electron chi connectivity index (χ4n) is 3.85. The molecule has 1 aromatic carbocycles. The van der Waals surface area contributed by atoms with Crippen molar-refractivity contribution in [2.45, 2.75) is 52.3 Å². The van der Waals surface area contributed by atoms with Gasteiger partial charge in [0.1, 0.15) is 11.5 Å². The third-order valence-corrected chi connectivity index (χ3v) is 5.50. The van der Waals surface area contributed by atoms with Crippen LogP contribution < -0.4 is 20.1 Å². The van der Waals surface area contributed by atoms with Gasteiger partial charge in [0.15, 0.2) is 5.96 Å². The molecule has 2 N–H and O–H groups in total. The van der Waals surface area contributed by atoms with E-state index in [1.165, 1.54) is 5.56 Å². The molecular formula is C23H41IN4O3. The Morgan fingerprint density at radius 3 is 2.42 bits per heavy atom. The molecule has 0 spiro atoms. The molecule has 1 saturated heterocycles. The van der Waals surface area contributed by atoms with Crippen LogP contribution in [0.4, 0.5) is 0 Å². The number of ether oxygens (including phenoxy) is 3. The molecule has 0 radical (unpaired) electrons. The molecular weight excluding hydrogens is 507 g/mol. The number of hydrogen-bond donors (Lipinski definition) is 2. The van der Waals surface area contributed by atoms with Crippen LogP contribution in [0.3, 0.4) is 0 Å². The number of aliphatic imine (C=N–C) groups is 1. The van der Waals surface area contributed by atoms with Gasteiger partial charge in [-0.2, -0.15) is 0 Å². The van der Waals surface area contributed by atoms with E-state index in [0.717, 1.165) is 63.1 Å². The first-order valence-corrected chi connectivity index (χ1v) is 11.0. The largest absolute Gasteiger partial charge is 0.497 e. The van der Waals surface area contributed by atoms with Crippen molar-refractivity contribution in [1.29, 1.82) is 0 Å². The summed E-state index contributed by atoms with van der Waals surface area (Å²) in [5.41, 5.74) is 1.20. The Bertz CT molecular complexity index is 650. The van der Waals surface area contributed by atoms with Crippen molar-refractivity contribution in [3.8, 4) is 11.5 Å². The maximum atomic E-state index is 5.83. The van der Waals surface area contributed by atoms with E-state index in [1.54, 1.807) is 14.2 Å². The van der Waals surface area contributed by atoms with E-state index in [1.807, 2.05) is 13.1 Å². The van der Waals surface area contributed by atoms with Crippen molar-refractivity contribution in [3.63, 3.8) is 0 Å². The molecule has 1 aromatic rings. The van der Waals surface area contributed by atoms with Crippen LogP contribution in [0.5, 0.6) is 11.5 Å². The molecule has 31 heavy (non-hydrogen) atoms. The van der Waals surface area contributed by atoms with Crippen molar-refractivity contribution in [2.75, 3.05) is 47.5 Å². The minimum absolute atomic E-state index is 0. The number of nitrogens with one attached hydrogen (secondary N) is 2. The van der Waals surface area contributed by atoms with Crippen molar-refractivity contribution in [3.05, 3.63) is 23.8 Å². The number of methoxy groups -OCH3 is 2. The van der Waals surface area contributed by atoms with E-state index in [9.17, 15) is 0 Å². The van der Waals surface area contributed by atoms with Crippen LogP contribution in [0.25, 0.3) is 0 Å². The lowest BCUT2D eigenvalue weighted by atomic mass is 10.0. The average molecular weight is 549 g/mol. The summed E-state index contributed by atoms with van der Waals surface area (Å²) in [6, 6.07) is 6.44. The first-order chi connectivity index (χ1) is 14.5. The number of benzene rings is 1. The Morgan fingerprint density at radius 1 is 1.19 bits per heavy atom. The molecule has 2 unspecified atom stereocenters. The SMILES string of the molecule is CCOC(CCNC(=NC)NC1CCN(Cc2cc(OC)cc(OC)c2)C1)C(C)C.I. The number of halogens is 1. The summed E-state index contributed by atoms with van der Waals surface area (Å²) >= 11 is 0. The van der Waals surface area contributed by atoms with Gasteiger partial charge in [0.25, 0.3) is 0 Å². The van der Waals surface area contributed by atoms with Gasteiger partial charge in [0.2, 0.25) is 0 Å². The minimum atomic E-state index is 0. The van der Waals surface area contributed by atoms with Crippen LogP contribution in [-0.2, 0) is 11.3 Å². The van der Waals surface area contributed by atoms with Gasteiger partial charge in [-0.1, -0.05) is 13.8 Å². The van der Waals surface area contributed by atoms with E-state index in [0.29, 0.717) is 12.0 Å². The van der Waals surface area contributed by atoms with Crippen LogP contribution in [0.1, 0.15) is 39.2 Å². The normalized spacial score (nSPS) is 17.9.